The predicted molar refractivity (Wildman–Crippen MR) is 70.1 cm³/mol. The molecule has 1 saturated heterocycles. The van der Waals surface area contributed by atoms with Crippen molar-refractivity contribution in [3.8, 4) is 0 Å². The number of thioether (sulfide) groups is 1. The summed E-state index contributed by atoms with van der Waals surface area (Å²) in [6, 6.07) is 6.19. The molecule has 2 rings (SSSR count). The van der Waals surface area contributed by atoms with Crippen LogP contribution in [0.5, 0.6) is 0 Å². The fourth-order valence-corrected chi connectivity index (χ4v) is 1.73. The second-order valence-corrected chi connectivity index (χ2v) is 4.38. The largest absolute Gasteiger partial charge is 0.304 e. The molecule has 0 radical (unpaired) electrons. The maximum absolute atomic E-state index is 13.1. The Morgan fingerprint density at radius 1 is 1.41 bits per heavy atom. The summed E-state index contributed by atoms with van der Waals surface area (Å²) in [6.45, 7) is 4.25. The van der Waals surface area contributed by atoms with Gasteiger partial charge in [0.05, 0.1) is 5.75 Å². The maximum Gasteiger partial charge on any atom is 0.236 e. The second kappa shape index (κ2) is 7.06. The number of rotatable bonds is 1. The Bertz CT molecular complexity index is 421. The topological polar surface area (TPSA) is 41.5 Å². The molecular weight excluding hydrogens is 239 g/mol. The zero-order chi connectivity index (χ0) is 12.7. The van der Waals surface area contributed by atoms with Crippen LogP contribution in [0.15, 0.2) is 29.3 Å². The molecule has 1 aliphatic heterocycles. The molecule has 1 heterocycles. The summed E-state index contributed by atoms with van der Waals surface area (Å²) in [5.41, 5.74) is 0.247. The minimum atomic E-state index is -0.387. The molecule has 3 nitrogen and oxygen atoms in total. The van der Waals surface area contributed by atoms with Crippen LogP contribution in [0.25, 0.3) is 0 Å². The van der Waals surface area contributed by atoms with Crippen molar-refractivity contribution in [2.24, 2.45) is 4.99 Å². The van der Waals surface area contributed by atoms with Crippen molar-refractivity contribution in [2.75, 3.05) is 5.75 Å². The lowest BCUT2D eigenvalue weighted by Gasteiger charge is -1.97. The van der Waals surface area contributed by atoms with E-state index in [0.717, 1.165) is 0 Å². The van der Waals surface area contributed by atoms with Gasteiger partial charge in [-0.1, -0.05) is 44.2 Å². The summed E-state index contributed by atoms with van der Waals surface area (Å²) < 4.78 is 13.1. The third kappa shape index (κ3) is 4.56. The van der Waals surface area contributed by atoms with Crippen molar-refractivity contribution in [3.05, 3.63) is 30.1 Å². The zero-order valence-electron chi connectivity index (χ0n) is 9.87. The second-order valence-electron chi connectivity index (χ2n) is 3.41. The van der Waals surface area contributed by atoms with Gasteiger partial charge < -0.3 is 5.32 Å². The van der Waals surface area contributed by atoms with Crippen LogP contribution in [0.2, 0.25) is 0 Å². The van der Waals surface area contributed by atoms with E-state index < -0.39 is 0 Å². The van der Waals surface area contributed by atoms with Gasteiger partial charge in [-0.2, -0.15) is 0 Å². The van der Waals surface area contributed by atoms with Gasteiger partial charge in [-0.15, -0.1) is 0 Å². The van der Waals surface area contributed by atoms with Gasteiger partial charge >= 0.3 is 0 Å². The van der Waals surface area contributed by atoms with Gasteiger partial charge in [0.1, 0.15) is 11.5 Å². The summed E-state index contributed by atoms with van der Waals surface area (Å²) in [5, 5.41) is 3.00. The van der Waals surface area contributed by atoms with Crippen molar-refractivity contribution in [3.63, 3.8) is 0 Å². The lowest BCUT2D eigenvalue weighted by atomic mass is 10.3. The number of hydrogen-bond acceptors (Lipinski definition) is 3. The van der Waals surface area contributed by atoms with Gasteiger partial charge in [-0.05, 0) is 12.1 Å². The molecule has 0 atom stereocenters. The highest BCUT2D eigenvalue weighted by molar-refractivity contribution is 8.15. The van der Waals surface area contributed by atoms with Crippen LogP contribution in [0.4, 0.5) is 10.1 Å². The van der Waals surface area contributed by atoms with Gasteiger partial charge in [0.2, 0.25) is 5.91 Å². The Kier molecular flexibility index (Phi) is 5.69. The van der Waals surface area contributed by atoms with Gasteiger partial charge in [-0.25, -0.2) is 9.38 Å². The summed E-state index contributed by atoms with van der Waals surface area (Å²) in [4.78, 5) is 14.8. The van der Waals surface area contributed by atoms with Crippen LogP contribution < -0.4 is 5.32 Å². The SMILES string of the molecule is CCC.O=C1CSC(=Nc2ccccc2F)N1. The Balaban J connectivity index is 0.000000437. The third-order valence-corrected chi connectivity index (χ3v) is 2.53. The average Bonchev–Trinajstić information content (AvgIpc) is 2.69. The first kappa shape index (κ1) is 13.7. The van der Waals surface area contributed by atoms with Crippen molar-refractivity contribution in [2.45, 2.75) is 20.3 Å². The Morgan fingerprint density at radius 2 is 2.06 bits per heavy atom. The first-order valence-electron chi connectivity index (χ1n) is 5.43. The maximum atomic E-state index is 13.1. The molecule has 0 unspecified atom stereocenters. The molecule has 0 bridgehead atoms. The smallest absolute Gasteiger partial charge is 0.236 e. The van der Waals surface area contributed by atoms with Gasteiger partial charge in [0.15, 0.2) is 5.17 Å². The number of para-hydroxylation sites is 1. The fraction of sp³-hybridized carbons (Fsp3) is 0.333. The minimum absolute atomic E-state index is 0.0925. The number of halogens is 1. The molecule has 1 fully saturated rings. The number of carbonyl (C=O) groups is 1. The van der Waals surface area contributed by atoms with E-state index in [-0.39, 0.29) is 17.4 Å². The minimum Gasteiger partial charge on any atom is -0.304 e. The number of aliphatic imine (C=N–C) groups is 1. The predicted octanol–water partition coefficient (Wildman–Crippen LogP) is 3.09. The van der Waals surface area contributed by atoms with E-state index in [0.29, 0.717) is 10.9 Å². The van der Waals surface area contributed by atoms with Gasteiger partial charge in [-0.3, -0.25) is 4.79 Å². The normalized spacial score (nSPS) is 16.4. The Labute approximate surface area is 105 Å². The van der Waals surface area contributed by atoms with E-state index in [4.69, 9.17) is 0 Å². The molecule has 1 aromatic carbocycles. The van der Waals surface area contributed by atoms with Crippen LogP contribution in [0.3, 0.4) is 0 Å². The molecule has 1 aromatic rings. The van der Waals surface area contributed by atoms with E-state index in [1.54, 1.807) is 18.2 Å². The summed E-state index contributed by atoms with van der Waals surface area (Å²) in [5.74, 6) is -0.125. The molecule has 1 N–H and O–H groups in total. The number of amidine groups is 1. The summed E-state index contributed by atoms with van der Waals surface area (Å²) >= 11 is 1.28. The van der Waals surface area contributed by atoms with Crippen molar-refractivity contribution in [1.82, 2.24) is 5.32 Å². The van der Waals surface area contributed by atoms with Crippen LogP contribution in [0, 0.1) is 5.82 Å². The molecule has 92 valence electrons. The highest BCUT2D eigenvalue weighted by Gasteiger charge is 2.16. The van der Waals surface area contributed by atoms with E-state index >= 15 is 0 Å². The number of amides is 1. The highest BCUT2D eigenvalue weighted by atomic mass is 32.2. The highest BCUT2D eigenvalue weighted by Crippen LogP contribution is 2.20. The number of hydrogen-bond donors (Lipinski definition) is 1. The van der Waals surface area contributed by atoms with Crippen LogP contribution in [-0.2, 0) is 4.79 Å². The number of carbonyl (C=O) groups excluding carboxylic acids is 1. The summed E-state index contributed by atoms with van der Waals surface area (Å²) in [6.07, 6.45) is 1.25. The molecule has 0 aliphatic carbocycles. The molecule has 5 heteroatoms. The molecule has 0 saturated carbocycles. The number of benzene rings is 1. The first-order chi connectivity index (χ1) is 8.17. The molecule has 17 heavy (non-hydrogen) atoms. The monoisotopic (exact) mass is 254 g/mol. The van der Waals surface area contributed by atoms with E-state index in [1.807, 2.05) is 0 Å². The number of nitrogens with zero attached hydrogens (tertiary/aromatic N) is 1. The van der Waals surface area contributed by atoms with Crippen LogP contribution in [-0.4, -0.2) is 16.8 Å². The van der Waals surface area contributed by atoms with Crippen LogP contribution in [0.1, 0.15) is 20.3 Å². The molecular formula is C12H15FN2OS. The molecule has 0 aromatic heterocycles. The zero-order valence-corrected chi connectivity index (χ0v) is 10.7. The average molecular weight is 254 g/mol. The standard InChI is InChI=1S/C9H7FN2OS.C3H8/c10-6-3-1-2-4-7(6)11-9-12-8(13)5-14-9;1-3-2/h1-4H,5H2,(H,11,12,13);3H2,1-2H3. The summed E-state index contributed by atoms with van der Waals surface area (Å²) in [7, 11) is 0. The van der Waals surface area contributed by atoms with Crippen LogP contribution >= 0.6 is 11.8 Å². The number of nitrogens with one attached hydrogen (secondary N) is 1. The first-order valence-corrected chi connectivity index (χ1v) is 6.41. The quantitative estimate of drug-likeness (QED) is 0.836. The van der Waals surface area contributed by atoms with Gasteiger partial charge in [0.25, 0.3) is 0 Å². The lowest BCUT2D eigenvalue weighted by Crippen LogP contribution is -2.19. The molecule has 1 amide bonds. The van der Waals surface area contributed by atoms with E-state index in [9.17, 15) is 9.18 Å². The van der Waals surface area contributed by atoms with Gasteiger partial charge in [0, 0.05) is 0 Å². The molecule has 0 spiro atoms. The van der Waals surface area contributed by atoms with Crippen molar-refractivity contribution >= 4 is 28.5 Å². The van der Waals surface area contributed by atoms with Crippen molar-refractivity contribution in [1.29, 1.82) is 0 Å². The van der Waals surface area contributed by atoms with Crippen molar-refractivity contribution < 1.29 is 9.18 Å². The fourth-order valence-electron chi connectivity index (χ4n) is 1.04. The van der Waals surface area contributed by atoms with E-state index in [2.05, 4.69) is 24.2 Å². The lowest BCUT2D eigenvalue weighted by molar-refractivity contribution is -0.116. The Hall–Kier alpha value is -1.36. The third-order valence-electron chi connectivity index (χ3n) is 1.66. The van der Waals surface area contributed by atoms with E-state index in [1.165, 1.54) is 24.2 Å². The Morgan fingerprint density at radius 3 is 2.59 bits per heavy atom. The molecule has 1 aliphatic rings.